The molecule has 146 valence electrons. The summed E-state index contributed by atoms with van der Waals surface area (Å²) in [4.78, 5) is 10.3. The highest BCUT2D eigenvalue weighted by Gasteiger charge is 2.18. The van der Waals surface area contributed by atoms with Gasteiger partial charge in [-0.3, -0.25) is 4.99 Å². The zero-order valence-corrected chi connectivity index (χ0v) is 19.1. The predicted octanol–water partition coefficient (Wildman–Crippen LogP) is 3.47. The summed E-state index contributed by atoms with van der Waals surface area (Å²) in [6, 6.07) is 8.44. The molecule has 1 aromatic carbocycles. The number of guanidine groups is 1. The summed E-state index contributed by atoms with van der Waals surface area (Å²) >= 11 is 0. The lowest BCUT2D eigenvalue weighted by Crippen LogP contribution is -2.40. The summed E-state index contributed by atoms with van der Waals surface area (Å²) in [5.74, 6) is 0.897. The topological polar surface area (TPSA) is 55.5 Å². The third-order valence-electron chi connectivity index (χ3n) is 4.12. The van der Waals surface area contributed by atoms with E-state index in [1.807, 2.05) is 0 Å². The average Bonchev–Trinajstić information content (AvgIpc) is 2.95. The molecule has 0 radical (unpaired) electrons. The first-order valence-corrected chi connectivity index (χ1v) is 9.13. The molecule has 1 aromatic heterocycles. The quantitative estimate of drug-likeness (QED) is 0.314. The second kappa shape index (κ2) is 10.8. The van der Waals surface area contributed by atoms with Crippen LogP contribution in [0, 0.1) is 5.41 Å². The number of aromatic nitrogens is 1. The number of aromatic amines is 1. The Balaban J connectivity index is 0.00000338. The van der Waals surface area contributed by atoms with E-state index in [0.29, 0.717) is 0 Å². The van der Waals surface area contributed by atoms with Crippen LogP contribution in [0.3, 0.4) is 0 Å². The van der Waals surface area contributed by atoms with Crippen LogP contribution in [0.2, 0.25) is 0 Å². The molecule has 6 heteroatoms. The summed E-state index contributed by atoms with van der Waals surface area (Å²) in [6.45, 7) is 10.2. The van der Waals surface area contributed by atoms with Crippen LogP contribution >= 0.6 is 24.0 Å². The number of halogens is 1. The first kappa shape index (κ1) is 22.8. The average molecular weight is 471 g/mol. The van der Waals surface area contributed by atoms with Crippen molar-refractivity contribution in [1.82, 2.24) is 20.5 Å². The van der Waals surface area contributed by atoms with Gasteiger partial charge in [0, 0.05) is 43.3 Å². The highest BCUT2D eigenvalue weighted by atomic mass is 127. The molecule has 3 N–H and O–H groups in total. The van der Waals surface area contributed by atoms with Crippen molar-refractivity contribution in [3.8, 4) is 0 Å². The summed E-state index contributed by atoms with van der Waals surface area (Å²) < 4.78 is 0. The lowest BCUT2D eigenvalue weighted by Gasteiger charge is -2.26. The van der Waals surface area contributed by atoms with Crippen LogP contribution in [0.4, 0.5) is 0 Å². The second-order valence-electron chi connectivity index (χ2n) is 7.63. The molecule has 0 atom stereocenters. The van der Waals surface area contributed by atoms with Gasteiger partial charge in [-0.2, -0.15) is 0 Å². The summed E-state index contributed by atoms with van der Waals surface area (Å²) in [5, 5.41) is 8.11. The fraction of sp³-hybridized carbons (Fsp3) is 0.550. The maximum Gasteiger partial charge on any atom is 0.191 e. The van der Waals surface area contributed by atoms with Crippen molar-refractivity contribution in [2.45, 2.75) is 27.2 Å². The van der Waals surface area contributed by atoms with Crippen LogP contribution in [-0.4, -0.2) is 56.1 Å². The van der Waals surface area contributed by atoms with Gasteiger partial charge in [0.2, 0.25) is 0 Å². The molecular weight excluding hydrogens is 437 g/mol. The van der Waals surface area contributed by atoms with E-state index >= 15 is 0 Å². The van der Waals surface area contributed by atoms with Crippen molar-refractivity contribution >= 4 is 40.8 Å². The second-order valence-corrected chi connectivity index (χ2v) is 7.63. The van der Waals surface area contributed by atoms with Crippen molar-refractivity contribution in [2.24, 2.45) is 10.4 Å². The standard InChI is InChI=1S/C20H33N5.HI/c1-6-21-19(24-14-20(2,3)15-25(4)5)22-12-11-16-13-23-18-10-8-7-9-17(16)18;/h7-10,13,23H,6,11-12,14-15H2,1-5H3,(H2,21,22,24);1H. The minimum absolute atomic E-state index is 0. The van der Waals surface area contributed by atoms with Gasteiger partial charge in [0.15, 0.2) is 5.96 Å². The first-order chi connectivity index (χ1) is 11.9. The summed E-state index contributed by atoms with van der Waals surface area (Å²) in [6.07, 6.45) is 3.08. The van der Waals surface area contributed by atoms with Crippen LogP contribution in [0.25, 0.3) is 10.9 Å². The molecule has 0 saturated heterocycles. The van der Waals surface area contributed by atoms with Gasteiger partial charge in [-0.15, -0.1) is 24.0 Å². The fourth-order valence-electron chi connectivity index (χ4n) is 3.19. The minimum atomic E-state index is 0. The number of rotatable bonds is 8. The van der Waals surface area contributed by atoms with E-state index < -0.39 is 0 Å². The van der Waals surface area contributed by atoms with Crippen LogP contribution in [0.1, 0.15) is 26.3 Å². The Kier molecular flexibility index (Phi) is 9.43. The molecule has 0 unspecified atom stereocenters. The highest BCUT2D eigenvalue weighted by molar-refractivity contribution is 14.0. The normalized spacial score (nSPS) is 12.3. The number of nitrogens with one attached hydrogen (secondary N) is 3. The van der Waals surface area contributed by atoms with Crippen molar-refractivity contribution in [2.75, 3.05) is 40.3 Å². The smallest absolute Gasteiger partial charge is 0.191 e. The fourth-order valence-corrected chi connectivity index (χ4v) is 3.19. The Morgan fingerprint density at radius 1 is 1.19 bits per heavy atom. The number of aliphatic imine (C=N–C) groups is 1. The van der Waals surface area contributed by atoms with Gasteiger partial charge in [-0.05, 0) is 44.5 Å². The Morgan fingerprint density at radius 3 is 2.62 bits per heavy atom. The van der Waals surface area contributed by atoms with Gasteiger partial charge < -0.3 is 20.5 Å². The molecule has 0 spiro atoms. The molecule has 0 bridgehead atoms. The number of H-pyrrole nitrogens is 1. The SMILES string of the molecule is CCNC(=NCC(C)(C)CN(C)C)NCCc1c[nH]c2ccccc12.I. The van der Waals surface area contributed by atoms with Crippen LogP contribution in [0.15, 0.2) is 35.5 Å². The van der Waals surface area contributed by atoms with Crippen LogP contribution in [-0.2, 0) is 6.42 Å². The van der Waals surface area contributed by atoms with E-state index in [1.165, 1.54) is 16.5 Å². The lowest BCUT2D eigenvalue weighted by molar-refractivity contribution is 0.248. The molecule has 5 nitrogen and oxygen atoms in total. The molecule has 2 aromatic rings. The van der Waals surface area contributed by atoms with Crippen LogP contribution in [0.5, 0.6) is 0 Å². The zero-order valence-electron chi connectivity index (χ0n) is 16.7. The number of benzene rings is 1. The largest absolute Gasteiger partial charge is 0.361 e. The van der Waals surface area contributed by atoms with Crippen LogP contribution < -0.4 is 10.6 Å². The van der Waals surface area contributed by atoms with Gasteiger partial charge in [-0.25, -0.2) is 0 Å². The van der Waals surface area contributed by atoms with E-state index in [-0.39, 0.29) is 29.4 Å². The van der Waals surface area contributed by atoms with E-state index in [4.69, 9.17) is 4.99 Å². The third-order valence-corrected chi connectivity index (χ3v) is 4.12. The summed E-state index contributed by atoms with van der Waals surface area (Å²) in [7, 11) is 4.21. The summed E-state index contributed by atoms with van der Waals surface area (Å²) in [5.41, 5.74) is 2.69. The molecule has 0 aliphatic rings. The lowest BCUT2D eigenvalue weighted by atomic mass is 9.93. The van der Waals surface area contributed by atoms with Gasteiger partial charge >= 0.3 is 0 Å². The Morgan fingerprint density at radius 2 is 1.92 bits per heavy atom. The molecule has 26 heavy (non-hydrogen) atoms. The van der Waals surface area contributed by atoms with Crippen molar-refractivity contribution in [1.29, 1.82) is 0 Å². The number of hydrogen-bond acceptors (Lipinski definition) is 2. The van der Waals surface area contributed by atoms with Crippen molar-refractivity contribution < 1.29 is 0 Å². The third kappa shape index (κ3) is 7.15. The molecule has 1 heterocycles. The maximum atomic E-state index is 4.78. The van der Waals surface area contributed by atoms with Crippen molar-refractivity contribution in [3.05, 3.63) is 36.0 Å². The Labute approximate surface area is 175 Å². The first-order valence-electron chi connectivity index (χ1n) is 9.13. The zero-order chi connectivity index (χ0) is 18.3. The van der Waals surface area contributed by atoms with Gasteiger partial charge in [0.05, 0.1) is 0 Å². The van der Waals surface area contributed by atoms with Gasteiger partial charge in [0.1, 0.15) is 0 Å². The molecular formula is C20H34IN5. The van der Waals surface area contributed by atoms with Crippen molar-refractivity contribution in [3.63, 3.8) is 0 Å². The highest BCUT2D eigenvalue weighted by Crippen LogP contribution is 2.18. The van der Waals surface area contributed by atoms with E-state index in [1.54, 1.807) is 0 Å². The molecule has 0 saturated carbocycles. The molecule has 0 aliphatic carbocycles. The van der Waals surface area contributed by atoms with E-state index in [0.717, 1.165) is 38.6 Å². The Hall–Kier alpha value is -1.28. The monoisotopic (exact) mass is 471 g/mol. The number of nitrogens with zero attached hydrogens (tertiary/aromatic N) is 2. The van der Waals surface area contributed by atoms with Gasteiger partial charge in [-0.1, -0.05) is 32.0 Å². The van der Waals surface area contributed by atoms with E-state index in [9.17, 15) is 0 Å². The molecule has 0 aliphatic heterocycles. The number of hydrogen-bond donors (Lipinski definition) is 3. The van der Waals surface area contributed by atoms with E-state index in [2.05, 4.69) is 85.8 Å². The number of fused-ring (bicyclic) bond motifs is 1. The maximum absolute atomic E-state index is 4.78. The molecule has 2 rings (SSSR count). The minimum Gasteiger partial charge on any atom is -0.361 e. The molecule has 0 amide bonds. The molecule has 0 fully saturated rings. The van der Waals surface area contributed by atoms with Gasteiger partial charge in [0.25, 0.3) is 0 Å². The predicted molar refractivity (Wildman–Crippen MR) is 124 cm³/mol. The Bertz CT molecular complexity index is 690. The number of para-hydroxylation sites is 1.